The maximum absolute atomic E-state index is 16.3. The summed E-state index contributed by atoms with van der Waals surface area (Å²) in [5.74, 6) is -41.9. The Morgan fingerprint density at radius 1 is 0.273 bits per heavy atom. The number of benzene rings is 7. The average molecular weight is 963 g/mol. The minimum absolute atomic E-state index is 0.695. The molecule has 0 saturated carbocycles. The minimum atomic E-state index is -5.59. The van der Waals surface area contributed by atoms with Gasteiger partial charge >= 0.3 is 0 Å². The molecular formula is C47H27BF16Si2. The molecule has 0 unspecified atom stereocenters. The molecule has 0 fully saturated rings. The van der Waals surface area contributed by atoms with Crippen molar-refractivity contribution in [2.45, 2.75) is 26.2 Å². The molecule has 9 rings (SSSR count). The molecule has 7 aromatic rings. The van der Waals surface area contributed by atoms with E-state index in [2.05, 4.69) is 91.0 Å². The van der Waals surface area contributed by atoms with Gasteiger partial charge in [-0.05, 0) is 93.5 Å². The Morgan fingerprint density at radius 2 is 0.455 bits per heavy atom. The second kappa shape index (κ2) is 16.0. The number of fused-ring (bicyclic) bond motifs is 8. The summed E-state index contributed by atoms with van der Waals surface area (Å²) in [6.45, 7) is 2.78. The van der Waals surface area contributed by atoms with E-state index >= 15 is 52.7 Å². The SMILES string of the molecule is C[Si]1(C)c2c(F)c(F)c(F)c(F)c2[B-]2(c3c(F)c(F)c(F)c(F)c31)c1c(F)c(F)c(F)c(F)c1[Si](C)(C)c1c(F)c(F)c(F)c(F)c12.c1ccc([C+](c2ccccc2)c2ccccc2)cc1. The molecule has 0 aliphatic carbocycles. The highest BCUT2D eigenvalue weighted by Gasteiger charge is 2.60. The normalized spacial score (nSPS) is 14.7. The summed E-state index contributed by atoms with van der Waals surface area (Å²) >= 11 is 0. The van der Waals surface area contributed by atoms with Crippen molar-refractivity contribution in [2.24, 2.45) is 0 Å². The van der Waals surface area contributed by atoms with Gasteiger partial charge in [-0.1, -0.05) is 44.4 Å². The van der Waals surface area contributed by atoms with Crippen molar-refractivity contribution < 1.29 is 70.2 Å². The maximum Gasteiger partial charge on any atom is 0.197 e. The summed E-state index contributed by atoms with van der Waals surface area (Å²) in [6.07, 6.45) is -5.59. The third-order valence-electron chi connectivity index (χ3n) is 12.6. The summed E-state index contributed by atoms with van der Waals surface area (Å²) in [4.78, 5) is 0. The van der Waals surface area contributed by atoms with Crippen molar-refractivity contribution in [1.82, 2.24) is 0 Å². The molecule has 0 amide bonds. The van der Waals surface area contributed by atoms with Crippen LogP contribution in [-0.2, 0) is 0 Å². The third kappa shape index (κ3) is 6.17. The second-order valence-corrected chi connectivity index (χ2v) is 25.3. The quantitative estimate of drug-likeness (QED) is 0.0419. The van der Waals surface area contributed by atoms with E-state index in [0.29, 0.717) is 26.2 Å². The van der Waals surface area contributed by atoms with Crippen molar-refractivity contribution in [2.75, 3.05) is 0 Å². The Labute approximate surface area is 367 Å². The van der Waals surface area contributed by atoms with Crippen LogP contribution in [0.5, 0.6) is 0 Å². The number of halogens is 16. The largest absolute Gasteiger partial charge is 0.207 e. The molecule has 7 aromatic carbocycles. The fraction of sp³-hybridized carbons (Fsp3) is 0.0851. The standard InChI is InChI=1S/C28H12BF16Si2.C19H15/c1-46(2)25-5(9(30)13(34)17(38)21(25)42)29(6-10(31)14(35)18(39)22(43)26(6)46)7-11(32)15(36)19(40)23(44)27(7)47(3,4)28-8(29)12(33)16(37)20(41)24(28)45;1-4-10-16(11-5-1)19(17-12-6-2-7-13-17)18-14-8-3-9-15-18/h1-4H3;1-15H/q-1;+1. The summed E-state index contributed by atoms with van der Waals surface area (Å²) in [7, 11) is -9.95. The van der Waals surface area contributed by atoms with E-state index < -0.39 is 158 Å². The zero-order valence-corrected chi connectivity index (χ0v) is 36.3. The molecule has 1 spiro atoms. The number of rotatable bonds is 3. The lowest BCUT2D eigenvalue weighted by atomic mass is 9.12. The molecule has 0 atom stereocenters. The van der Waals surface area contributed by atoms with Crippen molar-refractivity contribution >= 4 is 64.9 Å². The molecule has 2 heterocycles. The Kier molecular flexibility index (Phi) is 11.2. The fourth-order valence-electron chi connectivity index (χ4n) is 10.1. The number of hydrogen-bond acceptors (Lipinski definition) is 0. The highest BCUT2D eigenvalue weighted by Crippen LogP contribution is 2.33. The smallest absolute Gasteiger partial charge is 0.197 e. The van der Waals surface area contributed by atoms with Crippen LogP contribution in [0.15, 0.2) is 91.0 Å². The Bertz CT molecular complexity index is 2770. The molecule has 2 aliphatic heterocycles. The zero-order chi connectivity index (χ0) is 48.3. The van der Waals surface area contributed by atoms with Crippen LogP contribution in [0.3, 0.4) is 0 Å². The van der Waals surface area contributed by atoms with Crippen molar-refractivity contribution in [3.8, 4) is 0 Å². The van der Waals surface area contributed by atoms with E-state index in [1.165, 1.54) is 22.6 Å². The van der Waals surface area contributed by atoms with Crippen LogP contribution in [0.4, 0.5) is 70.2 Å². The first-order valence-electron chi connectivity index (χ1n) is 19.7. The second-order valence-electron chi connectivity index (χ2n) is 16.8. The third-order valence-corrected chi connectivity index (χ3v) is 19.6. The van der Waals surface area contributed by atoms with Crippen LogP contribution < -0.4 is 42.6 Å². The molecule has 19 heteroatoms. The molecule has 338 valence electrons. The highest BCUT2D eigenvalue weighted by atomic mass is 28.3. The maximum atomic E-state index is 16.3. The minimum Gasteiger partial charge on any atom is -0.207 e. The van der Waals surface area contributed by atoms with E-state index in [-0.39, 0.29) is 0 Å². The van der Waals surface area contributed by atoms with E-state index in [0.717, 1.165) is 0 Å². The fourth-order valence-corrected chi connectivity index (χ4v) is 17.2. The molecular weight excluding hydrogens is 935 g/mol. The van der Waals surface area contributed by atoms with Crippen LogP contribution in [0, 0.1) is 99.0 Å². The van der Waals surface area contributed by atoms with Crippen molar-refractivity contribution in [3.63, 3.8) is 0 Å². The highest BCUT2D eigenvalue weighted by molar-refractivity contribution is 7.32. The van der Waals surface area contributed by atoms with Gasteiger partial charge in [-0.15, -0.1) is 0 Å². The summed E-state index contributed by atoms with van der Waals surface area (Å²) in [5.41, 5.74) is -4.38. The van der Waals surface area contributed by atoms with E-state index in [4.69, 9.17) is 0 Å². The van der Waals surface area contributed by atoms with Gasteiger partial charge in [-0.2, -0.15) is 21.9 Å². The van der Waals surface area contributed by atoms with Crippen LogP contribution >= 0.6 is 0 Å². The predicted octanol–water partition coefficient (Wildman–Crippen LogP) is 8.27. The van der Waals surface area contributed by atoms with Gasteiger partial charge in [0.1, 0.15) is 45.6 Å². The van der Waals surface area contributed by atoms with Crippen LogP contribution in [0.2, 0.25) is 26.2 Å². The molecule has 0 saturated heterocycles. The Hall–Kier alpha value is -6.21. The van der Waals surface area contributed by atoms with Crippen molar-refractivity contribution in [1.29, 1.82) is 0 Å². The summed E-state index contributed by atoms with van der Waals surface area (Å²) in [5, 5.41) is -6.51. The van der Waals surface area contributed by atoms with E-state index in [1.54, 1.807) is 0 Å². The Morgan fingerprint density at radius 3 is 0.652 bits per heavy atom. The lowest BCUT2D eigenvalue weighted by Crippen LogP contribution is -2.97. The topological polar surface area (TPSA) is 0 Å². The zero-order valence-electron chi connectivity index (χ0n) is 34.3. The van der Waals surface area contributed by atoms with Crippen LogP contribution in [-0.4, -0.2) is 22.3 Å². The predicted molar refractivity (Wildman–Crippen MR) is 223 cm³/mol. The van der Waals surface area contributed by atoms with Gasteiger partial charge in [-0.3, -0.25) is 0 Å². The first kappa shape index (κ1) is 46.3. The molecule has 0 N–H and O–H groups in total. The molecule has 2 aliphatic rings. The van der Waals surface area contributed by atoms with Gasteiger partial charge in [0, 0.05) is 0 Å². The average Bonchev–Trinajstić information content (AvgIpc) is 3.30. The first-order valence-corrected chi connectivity index (χ1v) is 25.7. The van der Waals surface area contributed by atoms with Gasteiger partial charge in [0.2, 0.25) is 0 Å². The lowest BCUT2D eigenvalue weighted by molar-refractivity contribution is 0.410. The Balaban J connectivity index is 0.000000258. The summed E-state index contributed by atoms with van der Waals surface area (Å²) in [6, 6.07) is 31.6. The lowest BCUT2D eigenvalue weighted by Gasteiger charge is -2.58. The molecule has 66 heavy (non-hydrogen) atoms. The van der Waals surface area contributed by atoms with Gasteiger partial charge in [0.15, 0.2) is 69.8 Å². The van der Waals surface area contributed by atoms with E-state index in [9.17, 15) is 17.6 Å². The van der Waals surface area contributed by atoms with Crippen molar-refractivity contribution in [3.05, 3.63) is 207 Å². The molecule has 0 nitrogen and oxygen atoms in total. The van der Waals surface area contributed by atoms with Gasteiger partial charge < -0.3 is 0 Å². The number of hydrogen-bond donors (Lipinski definition) is 0. The monoisotopic (exact) mass is 962 g/mol. The van der Waals surface area contributed by atoms with Crippen LogP contribution in [0.25, 0.3) is 0 Å². The summed E-state index contributed by atoms with van der Waals surface area (Å²) < 4.78 is 249. The van der Waals surface area contributed by atoms with Gasteiger partial charge in [-0.25, -0.2) is 70.2 Å². The molecule has 0 bridgehead atoms. The van der Waals surface area contributed by atoms with Gasteiger partial charge in [0.25, 0.3) is 0 Å². The van der Waals surface area contributed by atoms with Gasteiger partial charge in [0.05, 0.1) is 22.6 Å². The molecule has 0 aromatic heterocycles. The van der Waals surface area contributed by atoms with E-state index in [1.807, 2.05) is 0 Å². The molecule has 0 radical (unpaired) electrons. The van der Waals surface area contributed by atoms with Crippen LogP contribution in [0.1, 0.15) is 16.7 Å². The first-order chi connectivity index (χ1) is 31.0.